The van der Waals surface area contributed by atoms with Crippen molar-refractivity contribution in [2.45, 2.75) is 13.5 Å². The Hall–Kier alpha value is -1.38. The first-order chi connectivity index (χ1) is 8.61. The Labute approximate surface area is 112 Å². The molecule has 1 nitrogen and oxygen atoms in total. The van der Waals surface area contributed by atoms with E-state index in [4.69, 9.17) is 11.6 Å². The smallest absolute Gasteiger partial charge is 0.123 e. The third-order valence-corrected chi connectivity index (χ3v) is 3.16. The molecule has 2 aromatic rings. The van der Waals surface area contributed by atoms with E-state index in [9.17, 15) is 4.39 Å². The summed E-state index contributed by atoms with van der Waals surface area (Å²) in [4.78, 5) is 0. The lowest BCUT2D eigenvalue weighted by Crippen LogP contribution is -2.06. The Balaban J connectivity index is 2.61. The molecule has 0 aromatic heterocycles. The second kappa shape index (κ2) is 5.51. The topological polar surface area (TPSA) is 12.0 Å². The van der Waals surface area contributed by atoms with E-state index in [1.807, 2.05) is 32.2 Å². The van der Waals surface area contributed by atoms with Gasteiger partial charge in [0, 0.05) is 11.6 Å². The van der Waals surface area contributed by atoms with E-state index < -0.39 is 0 Å². The maximum atomic E-state index is 13.4. The van der Waals surface area contributed by atoms with Gasteiger partial charge in [0.15, 0.2) is 0 Å². The van der Waals surface area contributed by atoms with E-state index in [0.29, 0.717) is 5.02 Å². The molecule has 1 N–H and O–H groups in total. The molecule has 0 aliphatic rings. The number of hydrogen-bond donors (Lipinski definition) is 1. The molecule has 94 valence electrons. The lowest BCUT2D eigenvalue weighted by molar-refractivity contribution is 0.628. The molecule has 0 saturated carbocycles. The van der Waals surface area contributed by atoms with Gasteiger partial charge in [-0.3, -0.25) is 0 Å². The van der Waals surface area contributed by atoms with Crippen LogP contribution in [-0.2, 0) is 6.54 Å². The van der Waals surface area contributed by atoms with Crippen molar-refractivity contribution in [1.29, 1.82) is 0 Å². The fourth-order valence-electron chi connectivity index (χ4n) is 2.03. The van der Waals surface area contributed by atoms with Gasteiger partial charge in [0.2, 0.25) is 0 Å². The van der Waals surface area contributed by atoms with Crippen molar-refractivity contribution in [3.63, 3.8) is 0 Å². The van der Waals surface area contributed by atoms with Crippen molar-refractivity contribution in [1.82, 2.24) is 5.32 Å². The molecule has 0 amide bonds. The predicted octanol–water partition coefficient (Wildman–Crippen LogP) is 4.17. The molecule has 0 aliphatic heterocycles. The highest BCUT2D eigenvalue weighted by Gasteiger charge is 2.09. The molecule has 2 rings (SSSR count). The lowest BCUT2D eigenvalue weighted by Gasteiger charge is -2.12. The van der Waals surface area contributed by atoms with Gasteiger partial charge in [0.25, 0.3) is 0 Å². The van der Waals surface area contributed by atoms with Gasteiger partial charge in [-0.05, 0) is 60.5 Å². The van der Waals surface area contributed by atoms with Crippen LogP contribution in [0.3, 0.4) is 0 Å². The highest BCUT2D eigenvalue weighted by molar-refractivity contribution is 6.30. The molecule has 0 bridgehead atoms. The Morgan fingerprint density at radius 1 is 1.11 bits per heavy atom. The Kier molecular flexibility index (Phi) is 4.00. The van der Waals surface area contributed by atoms with Crippen molar-refractivity contribution in [3.05, 3.63) is 58.4 Å². The summed E-state index contributed by atoms with van der Waals surface area (Å²) in [6.07, 6.45) is 0. The van der Waals surface area contributed by atoms with Crippen molar-refractivity contribution >= 4 is 11.6 Å². The monoisotopic (exact) mass is 263 g/mol. The van der Waals surface area contributed by atoms with Crippen LogP contribution >= 0.6 is 11.6 Å². The molecule has 0 radical (unpaired) electrons. The first-order valence-electron chi connectivity index (χ1n) is 5.81. The van der Waals surface area contributed by atoms with E-state index >= 15 is 0 Å². The summed E-state index contributed by atoms with van der Waals surface area (Å²) in [6.45, 7) is 2.70. The Bertz CT molecular complexity index is 566. The van der Waals surface area contributed by atoms with Crippen LogP contribution in [0.1, 0.15) is 11.1 Å². The maximum absolute atomic E-state index is 13.4. The van der Waals surface area contributed by atoms with Crippen LogP contribution in [0.25, 0.3) is 11.1 Å². The number of hydrogen-bond acceptors (Lipinski definition) is 1. The van der Waals surface area contributed by atoms with Crippen molar-refractivity contribution in [3.8, 4) is 11.1 Å². The summed E-state index contributed by atoms with van der Waals surface area (Å²) in [5, 5.41) is 3.77. The second-order valence-corrected chi connectivity index (χ2v) is 4.73. The van der Waals surface area contributed by atoms with Crippen LogP contribution < -0.4 is 5.32 Å². The molecule has 18 heavy (non-hydrogen) atoms. The third-order valence-electron chi connectivity index (χ3n) is 2.93. The minimum Gasteiger partial charge on any atom is -0.316 e. The Morgan fingerprint density at radius 2 is 1.89 bits per heavy atom. The van der Waals surface area contributed by atoms with Crippen LogP contribution in [0.4, 0.5) is 4.39 Å². The average molecular weight is 264 g/mol. The first kappa shape index (κ1) is 13.1. The number of rotatable bonds is 3. The highest BCUT2D eigenvalue weighted by atomic mass is 35.5. The van der Waals surface area contributed by atoms with Crippen LogP contribution in [-0.4, -0.2) is 7.05 Å². The molecule has 0 aliphatic carbocycles. The summed E-state index contributed by atoms with van der Waals surface area (Å²) in [6, 6.07) is 10.5. The van der Waals surface area contributed by atoms with E-state index in [-0.39, 0.29) is 5.82 Å². The van der Waals surface area contributed by atoms with Gasteiger partial charge >= 0.3 is 0 Å². The van der Waals surface area contributed by atoms with Crippen molar-refractivity contribution in [2.24, 2.45) is 0 Å². The molecular formula is C15H15ClFN. The zero-order chi connectivity index (χ0) is 13.1. The summed E-state index contributed by atoms with van der Waals surface area (Å²) < 4.78 is 13.4. The lowest BCUT2D eigenvalue weighted by atomic mass is 9.96. The van der Waals surface area contributed by atoms with Crippen LogP contribution in [0.2, 0.25) is 5.02 Å². The van der Waals surface area contributed by atoms with E-state index in [2.05, 4.69) is 5.32 Å². The van der Waals surface area contributed by atoms with Gasteiger partial charge in [0.05, 0.1) is 0 Å². The van der Waals surface area contributed by atoms with Gasteiger partial charge in [-0.15, -0.1) is 0 Å². The number of halogens is 2. The van der Waals surface area contributed by atoms with E-state index in [0.717, 1.165) is 28.8 Å². The first-order valence-corrected chi connectivity index (χ1v) is 6.19. The average Bonchev–Trinajstić information content (AvgIpc) is 2.35. The van der Waals surface area contributed by atoms with Crippen LogP contribution in [0.15, 0.2) is 36.4 Å². The molecular weight excluding hydrogens is 249 g/mol. The Morgan fingerprint density at radius 3 is 2.61 bits per heavy atom. The summed E-state index contributed by atoms with van der Waals surface area (Å²) in [7, 11) is 1.89. The standard InChI is InChI=1S/C15H15ClFN/c1-10-3-6-13(17)8-14(10)15-7-12(16)5-4-11(15)9-18-2/h3-8,18H,9H2,1-2H3. The molecule has 0 spiro atoms. The summed E-state index contributed by atoms with van der Waals surface area (Å²) in [5.74, 6) is -0.231. The fraction of sp³-hybridized carbons (Fsp3) is 0.200. The van der Waals surface area contributed by atoms with Gasteiger partial charge < -0.3 is 5.32 Å². The minimum absolute atomic E-state index is 0.231. The fourth-order valence-corrected chi connectivity index (χ4v) is 2.20. The number of nitrogens with one attached hydrogen (secondary N) is 1. The summed E-state index contributed by atoms with van der Waals surface area (Å²) in [5.41, 5.74) is 4.02. The van der Waals surface area contributed by atoms with Crippen LogP contribution in [0, 0.1) is 12.7 Å². The molecule has 3 heteroatoms. The van der Waals surface area contributed by atoms with Crippen molar-refractivity contribution < 1.29 is 4.39 Å². The highest BCUT2D eigenvalue weighted by Crippen LogP contribution is 2.30. The zero-order valence-electron chi connectivity index (χ0n) is 10.4. The second-order valence-electron chi connectivity index (χ2n) is 4.29. The molecule has 2 aromatic carbocycles. The molecule has 0 unspecified atom stereocenters. The summed E-state index contributed by atoms with van der Waals surface area (Å²) >= 11 is 6.04. The third kappa shape index (κ3) is 2.71. The quantitative estimate of drug-likeness (QED) is 0.876. The predicted molar refractivity (Wildman–Crippen MR) is 74.3 cm³/mol. The van der Waals surface area contributed by atoms with Gasteiger partial charge in [-0.25, -0.2) is 4.39 Å². The molecule has 0 heterocycles. The minimum atomic E-state index is -0.231. The van der Waals surface area contributed by atoms with Gasteiger partial charge in [-0.2, -0.15) is 0 Å². The molecule has 0 saturated heterocycles. The van der Waals surface area contributed by atoms with Gasteiger partial charge in [-0.1, -0.05) is 23.7 Å². The van der Waals surface area contributed by atoms with E-state index in [1.54, 1.807) is 12.1 Å². The SMILES string of the molecule is CNCc1ccc(Cl)cc1-c1cc(F)ccc1C. The number of aryl methyl sites for hydroxylation is 1. The zero-order valence-corrected chi connectivity index (χ0v) is 11.2. The molecule has 0 atom stereocenters. The van der Waals surface area contributed by atoms with E-state index in [1.165, 1.54) is 6.07 Å². The van der Waals surface area contributed by atoms with Crippen molar-refractivity contribution in [2.75, 3.05) is 7.05 Å². The van der Waals surface area contributed by atoms with Gasteiger partial charge in [0.1, 0.15) is 5.82 Å². The largest absolute Gasteiger partial charge is 0.316 e. The number of benzene rings is 2. The maximum Gasteiger partial charge on any atom is 0.123 e. The van der Waals surface area contributed by atoms with Crippen LogP contribution in [0.5, 0.6) is 0 Å². The normalized spacial score (nSPS) is 10.7. The molecule has 0 fully saturated rings.